The van der Waals surface area contributed by atoms with Gasteiger partial charge in [0.05, 0.1) is 47.7 Å². The lowest BCUT2D eigenvalue weighted by Gasteiger charge is -2.35. The molecule has 11 heteroatoms. The predicted molar refractivity (Wildman–Crippen MR) is 163 cm³/mol. The molecular weight excluding hydrogens is 540 g/mol. The predicted octanol–water partition coefficient (Wildman–Crippen LogP) is 4.49. The number of aliphatic hydroxyl groups is 1. The molecule has 0 atom stereocenters. The van der Waals surface area contributed by atoms with Crippen LogP contribution in [0.25, 0.3) is 16.8 Å². The number of likely N-dealkylation sites (tertiary alicyclic amines) is 1. The van der Waals surface area contributed by atoms with E-state index < -0.39 is 15.6 Å². The average molecular weight is 579 g/mol. The molecule has 0 unspecified atom stereocenters. The van der Waals surface area contributed by atoms with Gasteiger partial charge in [-0.25, -0.2) is 17.9 Å². The molecule has 0 radical (unpaired) electrons. The number of hydrogen-bond donors (Lipinski definition) is 2. The van der Waals surface area contributed by atoms with Crippen molar-refractivity contribution in [3.8, 4) is 17.0 Å². The number of β-amino-alcohol motifs (C(OH)–C–C–N with tert-alkyl or cyclic N) is 1. The Labute approximate surface area is 241 Å². The van der Waals surface area contributed by atoms with E-state index in [1.165, 1.54) is 16.1 Å². The molecule has 4 aromatic rings. The number of ether oxygens (including phenoxy) is 1. The molecule has 1 aliphatic rings. The molecule has 10 nitrogen and oxygen atoms in total. The standard InChI is InChI=1S/C30H38N6O4S/c1-30(2,37)20-35-16-14-21(15-17-35)22-10-12-25(28(18-22)40-4)32-29-31-19-23-11-13-27(36(23)33-29)24-8-6-7-9-26(24)34(3)41(5,38)39/h6-13,18-19,21,37H,14-17,20H2,1-5H3,(H,32,33). The fraction of sp³-hybridized carbons (Fsp3) is 0.400. The second-order valence-electron chi connectivity index (χ2n) is 11.3. The van der Waals surface area contributed by atoms with Crippen LogP contribution in [-0.2, 0) is 10.0 Å². The van der Waals surface area contributed by atoms with E-state index >= 15 is 0 Å². The highest BCUT2D eigenvalue weighted by Crippen LogP contribution is 2.36. The Balaban J connectivity index is 1.39. The molecule has 1 fully saturated rings. The van der Waals surface area contributed by atoms with Crippen molar-refractivity contribution in [2.24, 2.45) is 0 Å². The Kier molecular flexibility index (Phi) is 7.95. The molecule has 0 bridgehead atoms. The molecule has 41 heavy (non-hydrogen) atoms. The van der Waals surface area contributed by atoms with Crippen LogP contribution >= 0.6 is 0 Å². The first-order valence-electron chi connectivity index (χ1n) is 13.7. The number of methoxy groups -OCH3 is 1. The van der Waals surface area contributed by atoms with E-state index in [0.29, 0.717) is 29.8 Å². The number of aromatic nitrogens is 3. The second-order valence-corrected chi connectivity index (χ2v) is 13.3. The minimum Gasteiger partial charge on any atom is -0.495 e. The van der Waals surface area contributed by atoms with E-state index in [0.717, 1.165) is 48.4 Å². The van der Waals surface area contributed by atoms with Crippen molar-refractivity contribution in [1.82, 2.24) is 19.5 Å². The molecular formula is C30H38N6O4S. The zero-order valence-corrected chi connectivity index (χ0v) is 25.0. The fourth-order valence-electron chi connectivity index (χ4n) is 5.46. The zero-order chi connectivity index (χ0) is 29.4. The molecule has 3 heterocycles. The summed E-state index contributed by atoms with van der Waals surface area (Å²) >= 11 is 0. The van der Waals surface area contributed by atoms with Crippen molar-refractivity contribution < 1.29 is 18.3 Å². The highest BCUT2D eigenvalue weighted by Gasteiger charge is 2.25. The number of nitrogens with one attached hydrogen (secondary N) is 1. The van der Waals surface area contributed by atoms with Gasteiger partial charge in [0.2, 0.25) is 16.0 Å². The highest BCUT2D eigenvalue weighted by atomic mass is 32.2. The number of anilines is 3. The third-order valence-corrected chi connectivity index (χ3v) is 8.75. The van der Waals surface area contributed by atoms with Crippen LogP contribution in [0.4, 0.5) is 17.3 Å². The summed E-state index contributed by atoms with van der Waals surface area (Å²) in [6.45, 7) is 6.29. The van der Waals surface area contributed by atoms with Gasteiger partial charge in [-0.05, 0) is 81.6 Å². The fourth-order valence-corrected chi connectivity index (χ4v) is 5.98. The first-order chi connectivity index (χ1) is 19.4. The Bertz CT molecular complexity index is 1640. The van der Waals surface area contributed by atoms with Crippen molar-refractivity contribution in [2.75, 3.05) is 49.7 Å². The molecule has 0 saturated carbocycles. The van der Waals surface area contributed by atoms with Gasteiger partial charge in [0.25, 0.3) is 0 Å². The van der Waals surface area contributed by atoms with E-state index in [-0.39, 0.29) is 0 Å². The van der Waals surface area contributed by atoms with E-state index in [1.54, 1.807) is 30.9 Å². The molecule has 2 aromatic heterocycles. The first kappa shape index (κ1) is 28.8. The maximum absolute atomic E-state index is 12.3. The van der Waals surface area contributed by atoms with Gasteiger partial charge in [0.15, 0.2) is 0 Å². The van der Waals surface area contributed by atoms with Crippen LogP contribution in [0.1, 0.15) is 38.2 Å². The van der Waals surface area contributed by atoms with Crippen LogP contribution in [0, 0.1) is 0 Å². The Hall–Kier alpha value is -3.67. The van der Waals surface area contributed by atoms with Gasteiger partial charge in [0, 0.05) is 19.2 Å². The SMILES string of the molecule is COc1cc(C2CCN(CC(C)(C)O)CC2)ccc1Nc1ncc2ccc(-c3ccccc3N(C)S(C)(=O)=O)n2n1. The van der Waals surface area contributed by atoms with Crippen LogP contribution in [0.2, 0.25) is 0 Å². The quantitative estimate of drug-likeness (QED) is 0.299. The minimum absolute atomic E-state index is 0.384. The third kappa shape index (κ3) is 6.47. The van der Waals surface area contributed by atoms with E-state index in [2.05, 4.69) is 27.3 Å². The topological polar surface area (TPSA) is 112 Å². The molecule has 2 aromatic carbocycles. The summed E-state index contributed by atoms with van der Waals surface area (Å²) in [5.41, 5.74) is 4.11. The number of hydrogen-bond acceptors (Lipinski definition) is 8. The minimum atomic E-state index is -3.45. The number of sulfonamides is 1. The average Bonchev–Trinajstić information content (AvgIpc) is 3.35. The van der Waals surface area contributed by atoms with Crippen molar-refractivity contribution in [2.45, 2.75) is 38.2 Å². The van der Waals surface area contributed by atoms with E-state index in [4.69, 9.17) is 9.84 Å². The number of rotatable bonds is 9. The maximum atomic E-state index is 12.3. The van der Waals surface area contributed by atoms with Gasteiger partial charge >= 0.3 is 0 Å². The van der Waals surface area contributed by atoms with Crippen molar-refractivity contribution in [1.29, 1.82) is 0 Å². The first-order valence-corrected chi connectivity index (χ1v) is 15.6. The molecule has 218 valence electrons. The monoisotopic (exact) mass is 578 g/mol. The normalized spacial score (nSPS) is 15.3. The lowest BCUT2D eigenvalue weighted by molar-refractivity contribution is 0.0282. The summed E-state index contributed by atoms with van der Waals surface area (Å²) < 4.78 is 33.3. The molecule has 2 N–H and O–H groups in total. The Morgan fingerprint density at radius 1 is 1.12 bits per heavy atom. The van der Waals surface area contributed by atoms with Crippen molar-refractivity contribution in [3.63, 3.8) is 0 Å². The molecule has 5 rings (SSSR count). The summed E-state index contributed by atoms with van der Waals surface area (Å²) in [7, 11) is -0.254. The summed E-state index contributed by atoms with van der Waals surface area (Å²) in [5, 5.41) is 18.2. The molecule has 1 saturated heterocycles. The van der Waals surface area contributed by atoms with Gasteiger partial charge in [-0.15, -0.1) is 5.10 Å². The summed E-state index contributed by atoms with van der Waals surface area (Å²) in [4.78, 5) is 6.82. The Morgan fingerprint density at radius 3 is 2.54 bits per heavy atom. The maximum Gasteiger partial charge on any atom is 0.245 e. The summed E-state index contributed by atoms with van der Waals surface area (Å²) in [6, 6.07) is 17.4. The Morgan fingerprint density at radius 2 is 1.85 bits per heavy atom. The number of benzene rings is 2. The number of nitrogens with zero attached hydrogens (tertiary/aromatic N) is 5. The van der Waals surface area contributed by atoms with Gasteiger partial charge in [-0.2, -0.15) is 0 Å². The molecule has 0 aliphatic carbocycles. The largest absolute Gasteiger partial charge is 0.495 e. The van der Waals surface area contributed by atoms with Crippen LogP contribution < -0.4 is 14.4 Å². The summed E-state index contributed by atoms with van der Waals surface area (Å²) in [5.74, 6) is 1.52. The second kappa shape index (κ2) is 11.3. The van der Waals surface area contributed by atoms with Crippen LogP contribution in [0.5, 0.6) is 5.75 Å². The van der Waals surface area contributed by atoms with E-state index in [1.807, 2.05) is 50.2 Å². The van der Waals surface area contributed by atoms with Gasteiger partial charge in [-0.1, -0.05) is 24.3 Å². The number of fused-ring (bicyclic) bond motifs is 1. The van der Waals surface area contributed by atoms with Crippen molar-refractivity contribution >= 4 is 32.9 Å². The highest BCUT2D eigenvalue weighted by molar-refractivity contribution is 7.92. The molecule has 0 spiro atoms. The van der Waals surface area contributed by atoms with Crippen LogP contribution in [0.15, 0.2) is 60.8 Å². The van der Waals surface area contributed by atoms with E-state index in [9.17, 15) is 13.5 Å². The lowest BCUT2D eigenvalue weighted by atomic mass is 9.88. The van der Waals surface area contributed by atoms with Crippen molar-refractivity contribution in [3.05, 3.63) is 66.4 Å². The number of piperidine rings is 1. The smallest absolute Gasteiger partial charge is 0.245 e. The van der Waals surface area contributed by atoms with Gasteiger partial charge in [0.1, 0.15) is 5.75 Å². The van der Waals surface area contributed by atoms with Gasteiger partial charge in [-0.3, -0.25) is 4.31 Å². The summed E-state index contributed by atoms with van der Waals surface area (Å²) in [6.07, 6.45) is 4.96. The van der Waals surface area contributed by atoms with Crippen LogP contribution in [-0.4, -0.2) is 78.7 Å². The van der Waals surface area contributed by atoms with Crippen LogP contribution in [0.3, 0.4) is 0 Å². The lowest BCUT2D eigenvalue weighted by Crippen LogP contribution is -2.42. The third-order valence-electron chi connectivity index (χ3n) is 7.56. The van der Waals surface area contributed by atoms with Gasteiger partial charge < -0.3 is 20.1 Å². The number of para-hydroxylation sites is 1. The zero-order valence-electron chi connectivity index (χ0n) is 24.2. The molecule has 0 amide bonds. The molecule has 1 aliphatic heterocycles.